The maximum atomic E-state index is 11.1. The fourth-order valence-corrected chi connectivity index (χ4v) is 2.18. The lowest BCUT2D eigenvalue weighted by atomic mass is 10.0. The lowest BCUT2D eigenvalue weighted by Gasteiger charge is -2.36. The molecule has 0 spiro atoms. The maximum Gasteiger partial charge on any atom is 0.371 e. The number of aldehydes is 1. The standard InChI is InChI=1S/C14H21NO11/c1-5(18)15-6(3-16)10(21)12(8(20)4-17)26-14-11(22)7(19)2-9(25-14)13(23)24/h2-3,6-8,10-12,14,17,19-22H,4H2,1H3,(H,15,18)(H,23,24)/t6-,7+,8-,10+,11+,12-,14+/m1/s1. The molecule has 148 valence electrons. The number of carbonyl (C=O) groups excluding carboxylic acids is 2. The molecule has 7 atom stereocenters. The van der Waals surface area contributed by atoms with E-state index in [1.54, 1.807) is 0 Å². The molecule has 1 rings (SSSR count). The summed E-state index contributed by atoms with van der Waals surface area (Å²) in [7, 11) is 0. The van der Waals surface area contributed by atoms with Gasteiger partial charge in [0, 0.05) is 6.92 Å². The van der Waals surface area contributed by atoms with Crippen LogP contribution in [0.3, 0.4) is 0 Å². The Morgan fingerprint density at radius 1 is 1.38 bits per heavy atom. The highest BCUT2D eigenvalue weighted by molar-refractivity contribution is 5.84. The maximum absolute atomic E-state index is 11.1. The summed E-state index contributed by atoms with van der Waals surface area (Å²) >= 11 is 0. The highest BCUT2D eigenvalue weighted by Gasteiger charge is 2.42. The lowest BCUT2D eigenvalue weighted by Crippen LogP contribution is -2.57. The molecule has 1 aliphatic heterocycles. The first kappa shape index (κ1) is 22.0. The number of ether oxygens (including phenoxy) is 2. The van der Waals surface area contributed by atoms with Crippen LogP contribution in [0.2, 0.25) is 0 Å². The predicted octanol–water partition coefficient (Wildman–Crippen LogP) is -4.16. The fraction of sp³-hybridized carbons (Fsp3) is 0.643. The van der Waals surface area contributed by atoms with Crippen molar-refractivity contribution in [1.29, 1.82) is 0 Å². The summed E-state index contributed by atoms with van der Waals surface area (Å²) in [6.07, 6.45) is -9.96. The highest BCUT2D eigenvalue weighted by Crippen LogP contribution is 2.23. The van der Waals surface area contributed by atoms with Crippen molar-refractivity contribution >= 4 is 18.2 Å². The van der Waals surface area contributed by atoms with Crippen molar-refractivity contribution in [1.82, 2.24) is 5.32 Å². The summed E-state index contributed by atoms with van der Waals surface area (Å²) in [5.41, 5.74) is 0. The van der Waals surface area contributed by atoms with Crippen LogP contribution in [-0.4, -0.2) is 98.3 Å². The number of hydrogen-bond acceptors (Lipinski definition) is 10. The van der Waals surface area contributed by atoms with E-state index in [0.29, 0.717) is 6.08 Å². The van der Waals surface area contributed by atoms with Gasteiger partial charge in [-0.15, -0.1) is 0 Å². The number of amides is 1. The molecule has 0 bridgehead atoms. The van der Waals surface area contributed by atoms with Crippen LogP contribution in [-0.2, 0) is 23.9 Å². The van der Waals surface area contributed by atoms with Crippen molar-refractivity contribution < 1.29 is 54.5 Å². The zero-order valence-corrected chi connectivity index (χ0v) is 13.6. The number of carboxylic acids is 1. The molecule has 0 aromatic carbocycles. The topological polar surface area (TPSA) is 203 Å². The Kier molecular flexibility index (Phi) is 8.08. The number of aliphatic hydroxyl groups excluding tert-OH is 5. The largest absolute Gasteiger partial charge is 0.475 e. The molecule has 12 heteroatoms. The van der Waals surface area contributed by atoms with Crippen LogP contribution in [0.25, 0.3) is 0 Å². The smallest absolute Gasteiger partial charge is 0.371 e. The van der Waals surface area contributed by atoms with Gasteiger partial charge in [-0.2, -0.15) is 0 Å². The van der Waals surface area contributed by atoms with Crippen LogP contribution in [0.5, 0.6) is 0 Å². The molecule has 1 aliphatic rings. The van der Waals surface area contributed by atoms with Gasteiger partial charge in [0.05, 0.1) is 6.61 Å². The zero-order chi connectivity index (χ0) is 20.0. The van der Waals surface area contributed by atoms with Crippen molar-refractivity contribution in [2.45, 2.75) is 49.8 Å². The molecule has 0 radical (unpaired) electrons. The minimum Gasteiger partial charge on any atom is -0.475 e. The van der Waals surface area contributed by atoms with E-state index in [4.69, 9.17) is 19.7 Å². The van der Waals surface area contributed by atoms with E-state index >= 15 is 0 Å². The van der Waals surface area contributed by atoms with E-state index in [1.807, 2.05) is 0 Å². The number of nitrogens with one attached hydrogen (secondary N) is 1. The second-order valence-corrected chi connectivity index (χ2v) is 5.51. The second kappa shape index (κ2) is 9.56. The Morgan fingerprint density at radius 2 is 2.00 bits per heavy atom. The quantitative estimate of drug-likeness (QED) is 0.191. The van der Waals surface area contributed by atoms with E-state index in [1.165, 1.54) is 0 Å². The molecular formula is C14H21NO11. The Bertz CT molecular complexity index is 551. The summed E-state index contributed by atoms with van der Waals surface area (Å²) in [6, 6.07) is -1.54. The van der Waals surface area contributed by atoms with Gasteiger partial charge in [0.25, 0.3) is 0 Å². The number of aliphatic carboxylic acids is 1. The van der Waals surface area contributed by atoms with Crippen molar-refractivity contribution in [2.24, 2.45) is 0 Å². The highest BCUT2D eigenvalue weighted by atomic mass is 16.7. The Morgan fingerprint density at radius 3 is 2.46 bits per heavy atom. The second-order valence-electron chi connectivity index (χ2n) is 5.51. The molecule has 1 heterocycles. The van der Waals surface area contributed by atoms with Crippen molar-refractivity contribution in [2.75, 3.05) is 6.61 Å². The molecule has 0 saturated carbocycles. The summed E-state index contributed by atoms with van der Waals surface area (Å²) in [6.45, 7) is 0.121. The molecule has 26 heavy (non-hydrogen) atoms. The molecule has 0 aromatic heterocycles. The van der Waals surface area contributed by atoms with Gasteiger partial charge in [-0.25, -0.2) is 4.79 Å². The van der Waals surface area contributed by atoms with Gasteiger partial charge < -0.3 is 50.2 Å². The average molecular weight is 379 g/mol. The molecule has 0 fully saturated rings. The molecule has 0 aromatic rings. The van der Waals surface area contributed by atoms with Crippen LogP contribution >= 0.6 is 0 Å². The average Bonchev–Trinajstić information content (AvgIpc) is 2.59. The Hall–Kier alpha value is -2.09. The number of carbonyl (C=O) groups is 3. The van der Waals surface area contributed by atoms with Gasteiger partial charge in [0.1, 0.15) is 42.8 Å². The number of rotatable bonds is 9. The third-order valence-corrected chi connectivity index (χ3v) is 3.48. The van der Waals surface area contributed by atoms with E-state index in [-0.39, 0.29) is 6.29 Å². The first-order chi connectivity index (χ1) is 12.1. The van der Waals surface area contributed by atoms with E-state index < -0.39 is 67.1 Å². The molecule has 12 nitrogen and oxygen atoms in total. The summed E-state index contributed by atoms with van der Waals surface area (Å²) in [5.74, 6) is -3.01. The predicted molar refractivity (Wildman–Crippen MR) is 80.2 cm³/mol. The molecule has 1 amide bonds. The lowest BCUT2D eigenvalue weighted by molar-refractivity contribution is -0.256. The van der Waals surface area contributed by atoms with Gasteiger partial charge in [-0.1, -0.05) is 0 Å². The molecule has 7 N–H and O–H groups in total. The van der Waals surface area contributed by atoms with Crippen LogP contribution in [0.15, 0.2) is 11.8 Å². The number of aliphatic hydroxyl groups is 5. The minimum atomic E-state index is -1.90. The number of carboxylic acid groups (broad SMARTS) is 1. The van der Waals surface area contributed by atoms with Crippen molar-refractivity contribution in [3.63, 3.8) is 0 Å². The summed E-state index contributed by atoms with van der Waals surface area (Å²) in [4.78, 5) is 33.1. The van der Waals surface area contributed by atoms with Crippen LogP contribution in [0, 0.1) is 0 Å². The summed E-state index contributed by atoms with van der Waals surface area (Å²) < 4.78 is 9.98. The Balaban J connectivity index is 3.03. The van der Waals surface area contributed by atoms with Gasteiger partial charge in [-0.3, -0.25) is 4.79 Å². The van der Waals surface area contributed by atoms with Crippen molar-refractivity contribution in [3.05, 3.63) is 11.8 Å². The van der Waals surface area contributed by atoms with Crippen LogP contribution in [0.1, 0.15) is 6.92 Å². The third-order valence-electron chi connectivity index (χ3n) is 3.48. The van der Waals surface area contributed by atoms with E-state index in [0.717, 1.165) is 6.92 Å². The van der Waals surface area contributed by atoms with Gasteiger partial charge >= 0.3 is 5.97 Å². The molecule has 0 unspecified atom stereocenters. The Labute approximate surface area is 147 Å². The van der Waals surface area contributed by atoms with Gasteiger partial charge in [-0.05, 0) is 6.08 Å². The fourth-order valence-electron chi connectivity index (χ4n) is 2.18. The first-order valence-electron chi connectivity index (χ1n) is 7.45. The van der Waals surface area contributed by atoms with E-state index in [9.17, 15) is 34.8 Å². The molecule has 0 saturated heterocycles. The van der Waals surface area contributed by atoms with Crippen LogP contribution < -0.4 is 5.32 Å². The first-order valence-corrected chi connectivity index (χ1v) is 7.45. The summed E-state index contributed by atoms with van der Waals surface area (Å²) in [5, 5.41) is 59.6. The third kappa shape index (κ3) is 5.45. The van der Waals surface area contributed by atoms with Gasteiger partial charge in [0.15, 0.2) is 0 Å². The van der Waals surface area contributed by atoms with Crippen LogP contribution in [0.4, 0.5) is 0 Å². The molecule has 0 aliphatic carbocycles. The monoisotopic (exact) mass is 379 g/mol. The van der Waals surface area contributed by atoms with Gasteiger partial charge in [0.2, 0.25) is 18.0 Å². The normalized spacial score (nSPS) is 27.3. The molecular weight excluding hydrogens is 358 g/mol. The minimum absolute atomic E-state index is 0.155. The zero-order valence-electron chi connectivity index (χ0n) is 13.6. The van der Waals surface area contributed by atoms with E-state index in [2.05, 4.69) is 5.32 Å². The SMILES string of the molecule is CC(=O)N[C@H](C=O)[C@H](O)[C@H](O[C@@H]1OC(C(=O)O)=C[C@H](O)[C@@H]1O)[C@H](O)CO. The van der Waals surface area contributed by atoms with Crippen molar-refractivity contribution in [3.8, 4) is 0 Å². The number of hydrogen-bond donors (Lipinski definition) is 7.